The van der Waals surface area contributed by atoms with Crippen LogP contribution in [0.25, 0.3) is 0 Å². The van der Waals surface area contributed by atoms with Crippen LogP contribution < -0.4 is 11.1 Å². The fourth-order valence-corrected chi connectivity index (χ4v) is 3.49. The van der Waals surface area contributed by atoms with Crippen molar-refractivity contribution in [1.82, 2.24) is 9.62 Å². The number of nitro groups is 1. The molecule has 2 rings (SSSR count). The van der Waals surface area contributed by atoms with Gasteiger partial charge in [-0.25, -0.2) is 8.42 Å². The molecular weight excluding hydrogens is 288 g/mol. The number of anilines is 1. The zero-order chi connectivity index (χ0) is 14.9. The topological polar surface area (TPSA) is 136 Å². The second-order valence-corrected chi connectivity index (χ2v) is 6.05. The maximum Gasteiger partial charge on any atom is 0.312 e. The molecule has 20 heavy (non-hydrogen) atoms. The largest absolute Gasteiger partial charge is 0.393 e. The summed E-state index contributed by atoms with van der Waals surface area (Å²) in [5, 5.41) is 13.5. The molecular formula is C10H12N4O5S. The summed E-state index contributed by atoms with van der Waals surface area (Å²) in [6.45, 7) is -0.150. The highest BCUT2D eigenvalue weighted by Crippen LogP contribution is 2.31. The fourth-order valence-electron chi connectivity index (χ4n) is 1.90. The quantitative estimate of drug-likeness (QED) is 0.430. The van der Waals surface area contributed by atoms with E-state index in [1.54, 1.807) is 0 Å². The van der Waals surface area contributed by atoms with E-state index < -0.39 is 31.4 Å². The first kappa shape index (κ1) is 14.2. The maximum absolute atomic E-state index is 12.4. The number of piperazine rings is 1. The fraction of sp³-hybridized carbons (Fsp3) is 0.300. The molecule has 0 radical (unpaired) electrons. The lowest BCUT2D eigenvalue weighted by atomic mass is 10.3. The Morgan fingerprint density at radius 2 is 2.10 bits per heavy atom. The summed E-state index contributed by atoms with van der Waals surface area (Å²) in [6, 6.07) is 3.68. The number of nitrogens with two attached hydrogens (primary N) is 1. The van der Waals surface area contributed by atoms with Crippen LogP contribution in [0.2, 0.25) is 0 Å². The molecule has 1 aliphatic heterocycles. The summed E-state index contributed by atoms with van der Waals surface area (Å²) < 4.78 is 25.7. The molecule has 1 heterocycles. The van der Waals surface area contributed by atoms with E-state index in [9.17, 15) is 23.3 Å². The monoisotopic (exact) mass is 300 g/mol. The summed E-state index contributed by atoms with van der Waals surface area (Å²) in [7, 11) is -4.14. The maximum atomic E-state index is 12.4. The molecule has 0 unspecified atom stereocenters. The predicted molar refractivity (Wildman–Crippen MR) is 69.3 cm³/mol. The number of amides is 1. The van der Waals surface area contributed by atoms with Crippen LogP contribution in [-0.2, 0) is 14.8 Å². The lowest BCUT2D eigenvalue weighted by molar-refractivity contribution is -0.386. The van der Waals surface area contributed by atoms with Crippen molar-refractivity contribution >= 4 is 27.3 Å². The number of nitrogens with one attached hydrogen (secondary N) is 1. The van der Waals surface area contributed by atoms with Gasteiger partial charge in [0, 0.05) is 13.1 Å². The van der Waals surface area contributed by atoms with Crippen molar-refractivity contribution in [3.05, 3.63) is 28.3 Å². The van der Waals surface area contributed by atoms with Gasteiger partial charge in [0.05, 0.1) is 11.5 Å². The molecule has 0 atom stereocenters. The van der Waals surface area contributed by atoms with Crippen molar-refractivity contribution in [3.63, 3.8) is 0 Å². The lowest BCUT2D eigenvalue weighted by Gasteiger charge is -2.25. The molecule has 0 saturated carbocycles. The Morgan fingerprint density at radius 3 is 2.70 bits per heavy atom. The summed E-state index contributed by atoms with van der Waals surface area (Å²) in [5.41, 5.74) is 4.57. The smallest absolute Gasteiger partial charge is 0.312 e. The van der Waals surface area contributed by atoms with Crippen molar-refractivity contribution in [2.24, 2.45) is 0 Å². The Hall–Kier alpha value is -2.20. The molecule has 1 fully saturated rings. The zero-order valence-electron chi connectivity index (χ0n) is 10.3. The van der Waals surface area contributed by atoms with Gasteiger partial charge in [-0.05, 0) is 12.1 Å². The van der Waals surface area contributed by atoms with Crippen LogP contribution in [0.5, 0.6) is 0 Å². The van der Waals surface area contributed by atoms with Gasteiger partial charge < -0.3 is 11.1 Å². The number of carbonyl (C=O) groups is 1. The minimum atomic E-state index is -4.14. The average Bonchev–Trinajstić information content (AvgIpc) is 2.38. The normalized spacial score (nSPS) is 16.7. The average molecular weight is 300 g/mol. The van der Waals surface area contributed by atoms with Crippen LogP contribution in [0.1, 0.15) is 0 Å². The number of sulfonamides is 1. The summed E-state index contributed by atoms with van der Waals surface area (Å²) in [5.74, 6) is -0.452. The second-order valence-electron chi connectivity index (χ2n) is 4.14. The first-order chi connectivity index (χ1) is 9.34. The van der Waals surface area contributed by atoms with Crippen LogP contribution >= 0.6 is 0 Å². The molecule has 0 aromatic heterocycles. The molecule has 1 aromatic rings. The van der Waals surface area contributed by atoms with Crippen molar-refractivity contribution in [3.8, 4) is 0 Å². The second kappa shape index (κ2) is 5.06. The number of nitrogens with zero attached hydrogens (tertiary/aromatic N) is 2. The molecule has 1 aliphatic rings. The summed E-state index contributed by atoms with van der Waals surface area (Å²) in [6.07, 6.45) is 0. The summed E-state index contributed by atoms with van der Waals surface area (Å²) in [4.78, 5) is 20.9. The predicted octanol–water partition coefficient (Wildman–Crippen LogP) is -0.702. The number of carbonyl (C=O) groups excluding carboxylic acids is 1. The van der Waals surface area contributed by atoms with Gasteiger partial charge in [-0.15, -0.1) is 0 Å². The van der Waals surface area contributed by atoms with Crippen LogP contribution in [0.3, 0.4) is 0 Å². The molecule has 0 spiro atoms. The molecule has 9 nitrogen and oxygen atoms in total. The number of rotatable bonds is 3. The Morgan fingerprint density at radius 1 is 1.40 bits per heavy atom. The van der Waals surface area contributed by atoms with E-state index in [4.69, 9.17) is 5.73 Å². The van der Waals surface area contributed by atoms with E-state index in [-0.39, 0.29) is 25.3 Å². The molecule has 0 bridgehead atoms. The minimum Gasteiger partial charge on any atom is -0.393 e. The van der Waals surface area contributed by atoms with Crippen LogP contribution in [0.4, 0.5) is 11.4 Å². The first-order valence-corrected chi connectivity index (χ1v) is 7.08. The van der Waals surface area contributed by atoms with Crippen molar-refractivity contribution in [1.29, 1.82) is 0 Å². The van der Waals surface area contributed by atoms with E-state index in [1.165, 1.54) is 12.1 Å². The van der Waals surface area contributed by atoms with Crippen LogP contribution in [-0.4, -0.2) is 43.2 Å². The third-order valence-electron chi connectivity index (χ3n) is 2.83. The van der Waals surface area contributed by atoms with E-state index in [2.05, 4.69) is 5.32 Å². The third kappa shape index (κ3) is 2.42. The third-order valence-corrected chi connectivity index (χ3v) is 4.71. The highest BCUT2D eigenvalue weighted by Gasteiger charge is 2.35. The van der Waals surface area contributed by atoms with Gasteiger partial charge in [0.2, 0.25) is 5.91 Å². The van der Waals surface area contributed by atoms with E-state index in [0.29, 0.717) is 0 Å². The Kier molecular flexibility index (Phi) is 3.59. The molecule has 1 amide bonds. The van der Waals surface area contributed by atoms with Gasteiger partial charge in [-0.2, -0.15) is 4.31 Å². The number of nitro benzene ring substituents is 1. The van der Waals surface area contributed by atoms with Crippen molar-refractivity contribution < 1.29 is 18.1 Å². The number of nitrogen functional groups attached to an aromatic ring is 1. The summed E-state index contributed by atoms with van der Waals surface area (Å²) >= 11 is 0. The Balaban J connectivity index is 2.52. The highest BCUT2D eigenvalue weighted by atomic mass is 32.2. The Labute approximate surface area is 114 Å². The number of hydrogen-bond acceptors (Lipinski definition) is 6. The van der Waals surface area contributed by atoms with Crippen molar-refractivity contribution in [2.45, 2.75) is 4.90 Å². The number of hydrogen-bond donors (Lipinski definition) is 2. The van der Waals surface area contributed by atoms with Gasteiger partial charge in [0.15, 0.2) is 4.90 Å². The SMILES string of the molecule is Nc1cccc(S(=O)(=O)N2CCNC(=O)C2)c1[N+](=O)[O-]. The van der Waals surface area contributed by atoms with Gasteiger partial charge in [-0.3, -0.25) is 14.9 Å². The standard InChI is InChI=1S/C10H12N4O5S/c11-7-2-1-3-8(10(7)14(16)17)20(18,19)13-5-4-12-9(15)6-13/h1-3H,4-6,11H2,(H,12,15). The zero-order valence-corrected chi connectivity index (χ0v) is 11.1. The number of benzene rings is 1. The molecule has 108 valence electrons. The van der Waals surface area contributed by atoms with Gasteiger partial charge in [0.25, 0.3) is 10.0 Å². The first-order valence-electron chi connectivity index (χ1n) is 5.64. The van der Waals surface area contributed by atoms with Gasteiger partial charge in [0.1, 0.15) is 5.69 Å². The molecule has 1 aromatic carbocycles. The molecule has 3 N–H and O–H groups in total. The molecule has 0 aliphatic carbocycles. The van der Waals surface area contributed by atoms with E-state index in [0.717, 1.165) is 10.4 Å². The highest BCUT2D eigenvalue weighted by molar-refractivity contribution is 7.89. The van der Waals surface area contributed by atoms with Crippen LogP contribution in [0, 0.1) is 10.1 Å². The van der Waals surface area contributed by atoms with Crippen LogP contribution in [0.15, 0.2) is 23.1 Å². The van der Waals surface area contributed by atoms with E-state index in [1.807, 2.05) is 0 Å². The van der Waals surface area contributed by atoms with E-state index >= 15 is 0 Å². The lowest BCUT2D eigenvalue weighted by Crippen LogP contribution is -2.49. The molecule has 10 heteroatoms. The Bertz CT molecular complexity index is 672. The van der Waals surface area contributed by atoms with Gasteiger partial charge >= 0.3 is 5.69 Å². The van der Waals surface area contributed by atoms with Gasteiger partial charge in [-0.1, -0.05) is 6.07 Å². The molecule has 1 saturated heterocycles. The number of para-hydroxylation sites is 1. The van der Waals surface area contributed by atoms with Crippen molar-refractivity contribution in [2.75, 3.05) is 25.4 Å². The minimum absolute atomic E-state index is 0.0556.